The van der Waals surface area contributed by atoms with E-state index in [0.717, 1.165) is 11.3 Å². The molecule has 0 aliphatic carbocycles. The van der Waals surface area contributed by atoms with Crippen LogP contribution in [0.15, 0.2) is 42.5 Å². The van der Waals surface area contributed by atoms with E-state index in [2.05, 4.69) is 5.32 Å². The van der Waals surface area contributed by atoms with E-state index in [0.29, 0.717) is 17.7 Å². The molecule has 19 heavy (non-hydrogen) atoms. The fraction of sp³-hybridized carbons (Fsp3) is 0.133. The third-order valence-corrected chi connectivity index (χ3v) is 2.94. The summed E-state index contributed by atoms with van der Waals surface area (Å²) in [6, 6.07) is 11.8. The molecule has 0 saturated heterocycles. The highest BCUT2D eigenvalue weighted by Gasteiger charge is 2.05. The Labute approximate surface area is 111 Å². The van der Waals surface area contributed by atoms with Gasteiger partial charge in [0.15, 0.2) is 0 Å². The maximum Gasteiger partial charge on any atom is 0.248 e. The highest BCUT2D eigenvalue weighted by molar-refractivity contribution is 5.93. The standard InChI is InChI=1S/C15H15FN2O/c1-10-8-11(15(17)19)6-7-14(10)18-9-12-4-2-3-5-13(12)16/h2-8,18H,9H2,1H3,(H2,17,19). The van der Waals surface area contributed by atoms with E-state index in [1.165, 1.54) is 6.07 Å². The number of carbonyl (C=O) groups is 1. The van der Waals surface area contributed by atoms with Gasteiger partial charge >= 0.3 is 0 Å². The maximum atomic E-state index is 13.5. The Balaban J connectivity index is 2.12. The molecule has 2 aromatic rings. The summed E-state index contributed by atoms with van der Waals surface area (Å²) < 4.78 is 13.5. The van der Waals surface area contributed by atoms with Gasteiger partial charge in [-0.3, -0.25) is 4.79 Å². The molecule has 0 heterocycles. The minimum absolute atomic E-state index is 0.235. The van der Waals surface area contributed by atoms with Crippen LogP contribution < -0.4 is 11.1 Å². The summed E-state index contributed by atoms with van der Waals surface area (Å²) in [5, 5.41) is 3.14. The number of carbonyl (C=O) groups excluding carboxylic acids is 1. The zero-order valence-corrected chi connectivity index (χ0v) is 10.6. The first-order chi connectivity index (χ1) is 9.08. The first-order valence-electron chi connectivity index (χ1n) is 5.95. The van der Waals surface area contributed by atoms with Gasteiger partial charge in [-0.2, -0.15) is 0 Å². The number of anilines is 1. The van der Waals surface area contributed by atoms with E-state index in [9.17, 15) is 9.18 Å². The van der Waals surface area contributed by atoms with Crippen molar-refractivity contribution in [3.63, 3.8) is 0 Å². The molecule has 0 fully saturated rings. The van der Waals surface area contributed by atoms with Crippen molar-refractivity contribution in [2.24, 2.45) is 5.73 Å². The molecule has 0 atom stereocenters. The van der Waals surface area contributed by atoms with E-state index < -0.39 is 5.91 Å². The van der Waals surface area contributed by atoms with Crippen LogP contribution in [0, 0.1) is 12.7 Å². The molecule has 0 saturated carbocycles. The average Bonchev–Trinajstić information content (AvgIpc) is 2.39. The summed E-state index contributed by atoms with van der Waals surface area (Å²) in [7, 11) is 0. The average molecular weight is 258 g/mol. The van der Waals surface area contributed by atoms with Crippen LogP contribution in [-0.2, 0) is 6.54 Å². The Morgan fingerprint density at radius 1 is 1.26 bits per heavy atom. The van der Waals surface area contributed by atoms with Crippen molar-refractivity contribution in [2.75, 3.05) is 5.32 Å². The van der Waals surface area contributed by atoms with Crippen molar-refractivity contribution >= 4 is 11.6 Å². The third kappa shape index (κ3) is 3.10. The molecule has 1 amide bonds. The second kappa shape index (κ2) is 5.52. The third-order valence-electron chi connectivity index (χ3n) is 2.94. The number of benzene rings is 2. The fourth-order valence-corrected chi connectivity index (χ4v) is 1.85. The van der Waals surface area contributed by atoms with Crippen LogP contribution in [0.3, 0.4) is 0 Å². The quantitative estimate of drug-likeness (QED) is 0.886. The lowest BCUT2D eigenvalue weighted by Crippen LogP contribution is -2.11. The first-order valence-corrected chi connectivity index (χ1v) is 5.95. The Bertz CT molecular complexity index is 611. The van der Waals surface area contributed by atoms with Crippen LogP contribution in [-0.4, -0.2) is 5.91 Å². The number of nitrogens with one attached hydrogen (secondary N) is 1. The van der Waals surface area contributed by atoms with Gasteiger partial charge in [-0.25, -0.2) is 4.39 Å². The second-order valence-corrected chi connectivity index (χ2v) is 4.34. The topological polar surface area (TPSA) is 55.1 Å². The molecule has 0 radical (unpaired) electrons. The molecule has 0 aliphatic rings. The molecule has 4 heteroatoms. The molecular weight excluding hydrogens is 243 g/mol. The van der Waals surface area contributed by atoms with E-state index in [1.54, 1.807) is 36.4 Å². The summed E-state index contributed by atoms with van der Waals surface area (Å²) in [4.78, 5) is 11.0. The Kier molecular flexibility index (Phi) is 3.80. The smallest absolute Gasteiger partial charge is 0.248 e. The molecule has 0 aliphatic heterocycles. The van der Waals surface area contributed by atoms with Gasteiger partial charge in [0.05, 0.1) is 0 Å². The zero-order valence-electron chi connectivity index (χ0n) is 10.6. The number of hydrogen-bond donors (Lipinski definition) is 2. The molecule has 0 spiro atoms. The number of primary amides is 1. The number of hydrogen-bond acceptors (Lipinski definition) is 2. The lowest BCUT2D eigenvalue weighted by molar-refractivity contribution is 0.1000. The largest absolute Gasteiger partial charge is 0.381 e. The lowest BCUT2D eigenvalue weighted by Gasteiger charge is -2.11. The summed E-state index contributed by atoms with van der Waals surface area (Å²) in [6.07, 6.45) is 0. The van der Waals surface area contributed by atoms with Crippen LogP contribution in [0.5, 0.6) is 0 Å². The highest BCUT2D eigenvalue weighted by atomic mass is 19.1. The molecule has 3 N–H and O–H groups in total. The van der Waals surface area contributed by atoms with E-state index >= 15 is 0 Å². The van der Waals surface area contributed by atoms with Gasteiger partial charge < -0.3 is 11.1 Å². The van der Waals surface area contributed by atoms with Gasteiger partial charge in [0.2, 0.25) is 5.91 Å². The molecule has 0 unspecified atom stereocenters. The van der Waals surface area contributed by atoms with Gasteiger partial charge in [0, 0.05) is 23.4 Å². The maximum absolute atomic E-state index is 13.5. The van der Waals surface area contributed by atoms with Crippen LogP contribution >= 0.6 is 0 Å². The molecule has 0 aromatic heterocycles. The molecule has 3 nitrogen and oxygen atoms in total. The minimum atomic E-state index is -0.455. The van der Waals surface area contributed by atoms with Crippen molar-refractivity contribution in [1.82, 2.24) is 0 Å². The normalized spacial score (nSPS) is 10.2. The first kappa shape index (κ1) is 13.1. The molecule has 2 rings (SSSR count). The molecular formula is C15H15FN2O. The van der Waals surface area contributed by atoms with E-state index in [4.69, 9.17) is 5.73 Å². The van der Waals surface area contributed by atoms with Crippen molar-refractivity contribution in [1.29, 1.82) is 0 Å². The lowest BCUT2D eigenvalue weighted by atomic mass is 10.1. The summed E-state index contributed by atoms with van der Waals surface area (Å²) >= 11 is 0. The Morgan fingerprint density at radius 3 is 2.63 bits per heavy atom. The van der Waals surface area contributed by atoms with E-state index in [-0.39, 0.29) is 5.82 Å². The number of aryl methyl sites for hydroxylation is 1. The molecule has 2 aromatic carbocycles. The van der Waals surface area contributed by atoms with Crippen molar-refractivity contribution in [3.05, 3.63) is 65.0 Å². The van der Waals surface area contributed by atoms with Crippen molar-refractivity contribution in [3.8, 4) is 0 Å². The van der Waals surface area contributed by atoms with Crippen LogP contribution in [0.2, 0.25) is 0 Å². The summed E-state index contributed by atoms with van der Waals surface area (Å²) in [5.41, 5.74) is 8.02. The Morgan fingerprint density at radius 2 is 2.00 bits per heavy atom. The SMILES string of the molecule is Cc1cc(C(N)=O)ccc1NCc1ccccc1F. The number of rotatable bonds is 4. The highest BCUT2D eigenvalue weighted by Crippen LogP contribution is 2.18. The number of nitrogens with two attached hydrogens (primary N) is 1. The van der Waals surface area contributed by atoms with Gasteiger partial charge in [0.1, 0.15) is 5.82 Å². The van der Waals surface area contributed by atoms with Crippen molar-refractivity contribution < 1.29 is 9.18 Å². The van der Waals surface area contributed by atoms with Gasteiger partial charge in [-0.15, -0.1) is 0 Å². The van der Waals surface area contributed by atoms with Crippen LogP contribution in [0.1, 0.15) is 21.5 Å². The van der Waals surface area contributed by atoms with Crippen LogP contribution in [0.4, 0.5) is 10.1 Å². The van der Waals surface area contributed by atoms with Crippen molar-refractivity contribution in [2.45, 2.75) is 13.5 Å². The number of amides is 1. The predicted molar refractivity (Wildman–Crippen MR) is 73.4 cm³/mol. The van der Waals surface area contributed by atoms with Gasteiger partial charge in [-0.05, 0) is 36.8 Å². The van der Waals surface area contributed by atoms with Gasteiger partial charge in [-0.1, -0.05) is 18.2 Å². The van der Waals surface area contributed by atoms with Gasteiger partial charge in [0.25, 0.3) is 0 Å². The Hall–Kier alpha value is -2.36. The van der Waals surface area contributed by atoms with E-state index in [1.807, 2.05) is 6.92 Å². The fourth-order valence-electron chi connectivity index (χ4n) is 1.85. The second-order valence-electron chi connectivity index (χ2n) is 4.34. The summed E-state index contributed by atoms with van der Waals surface area (Å²) in [6.45, 7) is 2.26. The molecule has 0 bridgehead atoms. The molecule has 98 valence electrons. The zero-order chi connectivity index (χ0) is 13.8. The summed E-state index contributed by atoms with van der Waals surface area (Å²) in [5.74, 6) is -0.690. The predicted octanol–water partition coefficient (Wildman–Crippen LogP) is 2.85. The minimum Gasteiger partial charge on any atom is -0.381 e. The monoisotopic (exact) mass is 258 g/mol. The number of halogens is 1. The van der Waals surface area contributed by atoms with Crippen LogP contribution in [0.25, 0.3) is 0 Å².